The molecule has 0 aromatic heterocycles. The molecule has 7 heteroatoms. The summed E-state index contributed by atoms with van der Waals surface area (Å²) in [6.45, 7) is 0.585. The number of hydrogen-bond acceptors (Lipinski definition) is 6. The standard InChI is InChI=1S/C19H17ClO6/c1-23-14-5-3-12(4-6-14)16(21)11-26-19(22)13-9-15(20)18-17(10-13)24-7-2-8-25-18/h3-6,9-10H,2,7-8,11H2,1H3. The first kappa shape index (κ1) is 18.1. The number of fused-ring (bicyclic) bond motifs is 1. The predicted octanol–water partition coefficient (Wildman–Crippen LogP) is 3.55. The number of esters is 1. The van der Waals surface area contributed by atoms with Gasteiger partial charge in [0.25, 0.3) is 0 Å². The van der Waals surface area contributed by atoms with Crippen LogP contribution in [0, 0.1) is 0 Å². The Labute approximate surface area is 155 Å². The van der Waals surface area contributed by atoms with Crippen molar-refractivity contribution >= 4 is 23.4 Å². The molecule has 0 fully saturated rings. The van der Waals surface area contributed by atoms with Crippen LogP contribution in [0.1, 0.15) is 27.1 Å². The molecule has 0 radical (unpaired) electrons. The Morgan fingerprint density at radius 2 is 1.81 bits per heavy atom. The van der Waals surface area contributed by atoms with Crippen LogP contribution in [0.2, 0.25) is 5.02 Å². The van der Waals surface area contributed by atoms with Gasteiger partial charge in [0.2, 0.25) is 0 Å². The SMILES string of the molecule is COc1ccc(C(=O)COC(=O)c2cc(Cl)c3c(c2)OCCCO3)cc1. The summed E-state index contributed by atoms with van der Waals surface area (Å²) in [5, 5.41) is 0.262. The monoisotopic (exact) mass is 376 g/mol. The molecular weight excluding hydrogens is 360 g/mol. The Hall–Kier alpha value is -2.73. The van der Waals surface area contributed by atoms with Crippen molar-refractivity contribution in [2.24, 2.45) is 0 Å². The lowest BCUT2D eigenvalue weighted by Crippen LogP contribution is -2.14. The van der Waals surface area contributed by atoms with Crippen molar-refractivity contribution in [3.8, 4) is 17.2 Å². The Kier molecular flexibility index (Phi) is 5.63. The molecule has 1 aliphatic rings. The van der Waals surface area contributed by atoms with E-state index in [1.165, 1.54) is 12.1 Å². The van der Waals surface area contributed by atoms with Crippen LogP contribution in [0.25, 0.3) is 0 Å². The number of ether oxygens (including phenoxy) is 4. The Bertz CT molecular complexity index is 816. The molecule has 0 atom stereocenters. The highest BCUT2D eigenvalue weighted by molar-refractivity contribution is 6.32. The van der Waals surface area contributed by atoms with Gasteiger partial charge < -0.3 is 18.9 Å². The molecule has 1 heterocycles. The molecule has 3 rings (SSSR count). The molecule has 0 aliphatic carbocycles. The van der Waals surface area contributed by atoms with Gasteiger partial charge in [-0.25, -0.2) is 4.79 Å². The van der Waals surface area contributed by atoms with Gasteiger partial charge in [0, 0.05) is 12.0 Å². The number of halogens is 1. The smallest absolute Gasteiger partial charge is 0.338 e. The van der Waals surface area contributed by atoms with Crippen LogP contribution in [0.15, 0.2) is 36.4 Å². The van der Waals surface area contributed by atoms with E-state index in [2.05, 4.69) is 0 Å². The van der Waals surface area contributed by atoms with Gasteiger partial charge in [-0.05, 0) is 36.4 Å². The van der Waals surface area contributed by atoms with E-state index in [4.69, 9.17) is 30.5 Å². The van der Waals surface area contributed by atoms with Crippen LogP contribution < -0.4 is 14.2 Å². The van der Waals surface area contributed by atoms with Gasteiger partial charge >= 0.3 is 5.97 Å². The molecule has 2 aromatic carbocycles. The molecule has 6 nitrogen and oxygen atoms in total. The number of rotatable bonds is 5. The number of ketones is 1. The Morgan fingerprint density at radius 3 is 2.54 bits per heavy atom. The topological polar surface area (TPSA) is 71.1 Å². The number of methoxy groups -OCH3 is 1. The molecule has 1 aliphatic heterocycles. The summed E-state index contributed by atoms with van der Waals surface area (Å²) in [7, 11) is 1.54. The highest BCUT2D eigenvalue weighted by atomic mass is 35.5. The number of Topliss-reactive ketones (excluding diaryl/α,β-unsaturated/α-hetero) is 1. The number of carbonyl (C=O) groups excluding carboxylic acids is 2. The zero-order valence-corrected chi connectivity index (χ0v) is 14.9. The van der Waals surface area contributed by atoms with E-state index in [1.807, 2.05) is 0 Å². The van der Waals surface area contributed by atoms with E-state index in [-0.39, 0.29) is 23.0 Å². The third-order valence-electron chi connectivity index (χ3n) is 3.78. The lowest BCUT2D eigenvalue weighted by molar-refractivity contribution is 0.0474. The van der Waals surface area contributed by atoms with Crippen molar-refractivity contribution in [3.05, 3.63) is 52.5 Å². The van der Waals surface area contributed by atoms with Crippen molar-refractivity contribution in [1.82, 2.24) is 0 Å². The van der Waals surface area contributed by atoms with Gasteiger partial charge in [0.15, 0.2) is 23.9 Å². The van der Waals surface area contributed by atoms with Crippen LogP contribution in [0.3, 0.4) is 0 Å². The lowest BCUT2D eigenvalue weighted by atomic mass is 10.1. The van der Waals surface area contributed by atoms with E-state index in [1.54, 1.807) is 31.4 Å². The third-order valence-corrected chi connectivity index (χ3v) is 4.06. The second kappa shape index (κ2) is 8.10. The molecular formula is C19H17ClO6. The molecule has 0 saturated carbocycles. The van der Waals surface area contributed by atoms with Crippen molar-refractivity contribution in [2.45, 2.75) is 6.42 Å². The summed E-state index contributed by atoms with van der Waals surface area (Å²) in [5.74, 6) is 0.463. The minimum atomic E-state index is -0.663. The molecule has 0 bridgehead atoms. The Morgan fingerprint density at radius 1 is 1.08 bits per heavy atom. The quantitative estimate of drug-likeness (QED) is 0.587. The van der Waals surface area contributed by atoms with Gasteiger partial charge in [-0.2, -0.15) is 0 Å². The fourth-order valence-electron chi connectivity index (χ4n) is 2.42. The van der Waals surface area contributed by atoms with Gasteiger partial charge in [0.05, 0.1) is 30.9 Å². The number of benzene rings is 2. The van der Waals surface area contributed by atoms with E-state index < -0.39 is 5.97 Å². The first-order chi connectivity index (χ1) is 12.6. The summed E-state index contributed by atoms with van der Waals surface area (Å²) in [6.07, 6.45) is 0.723. The maximum Gasteiger partial charge on any atom is 0.338 e. The normalized spacial score (nSPS) is 12.8. The van der Waals surface area contributed by atoms with Gasteiger partial charge in [-0.15, -0.1) is 0 Å². The third kappa shape index (κ3) is 4.08. The average molecular weight is 377 g/mol. The van der Waals surface area contributed by atoms with Crippen LogP contribution in [0.5, 0.6) is 17.2 Å². The van der Waals surface area contributed by atoms with E-state index in [0.29, 0.717) is 36.0 Å². The van der Waals surface area contributed by atoms with Crippen molar-refractivity contribution in [2.75, 3.05) is 26.9 Å². The van der Waals surface area contributed by atoms with Crippen LogP contribution in [-0.4, -0.2) is 38.7 Å². The summed E-state index contributed by atoms with van der Waals surface area (Å²) in [5.41, 5.74) is 0.622. The van der Waals surface area contributed by atoms with E-state index >= 15 is 0 Å². The van der Waals surface area contributed by atoms with E-state index in [9.17, 15) is 9.59 Å². The summed E-state index contributed by atoms with van der Waals surface area (Å²) in [4.78, 5) is 24.4. The largest absolute Gasteiger partial charge is 0.497 e. The van der Waals surface area contributed by atoms with Crippen molar-refractivity contribution in [1.29, 1.82) is 0 Å². The highest BCUT2D eigenvalue weighted by Crippen LogP contribution is 2.38. The summed E-state index contributed by atoms with van der Waals surface area (Å²) in [6, 6.07) is 9.50. The second-order valence-corrected chi connectivity index (χ2v) is 5.97. The van der Waals surface area contributed by atoms with E-state index in [0.717, 1.165) is 6.42 Å². The van der Waals surface area contributed by atoms with Gasteiger partial charge in [-0.1, -0.05) is 11.6 Å². The minimum absolute atomic E-state index is 0.196. The van der Waals surface area contributed by atoms with Crippen molar-refractivity contribution < 1.29 is 28.5 Å². The number of hydrogen-bond donors (Lipinski definition) is 0. The first-order valence-electron chi connectivity index (χ1n) is 8.02. The zero-order valence-electron chi connectivity index (χ0n) is 14.1. The maximum absolute atomic E-state index is 12.3. The molecule has 0 unspecified atom stereocenters. The molecule has 26 heavy (non-hydrogen) atoms. The molecule has 0 amide bonds. The first-order valence-corrected chi connectivity index (χ1v) is 8.40. The molecule has 0 saturated heterocycles. The van der Waals surface area contributed by atoms with Crippen LogP contribution >= 0.6 is 11.6 Å². The predicted molar refractivity (Wildman–Crippen MR) is 94.7 cm³/mol. The number of carbonyl (C=O) groups is 2. The Balaban J connectivity index is 1.67. The summed E-state index contributed by atoms with van der Waals surface area (Å²) < 4.78 is 21.2. The lowest BCUT2D eigenvalue weighted by Gasteiger charge is -2.11. The molecule has 2 aromatic rings. The van der Waals surface area contributed by atoms with Gasteiger partial charge in [-0.3, -0.25) is 4.79 Å². The molecule has 0 N–H and O–H groups in total. The van der Waals surface area contributed by atoms with Crippen molar-refractivity contribution in [3.63, 3.8) is 0 Å². The van der Waals surface area contributed by atoms with Gasteiger partial charge in [0.1, 0.15) is 5.75 Å². The fourth-order valence-corrected chi connectivity index (χ4v) is 2.69. The second-order valence-electron chi connectivity index (χ2n) is 5.56. The maximum atomic E-state index is 12.3. The zero-order chi connectivity index (χ0) is 18.5. The van der Waals surface area contributed by atoms with Crippen LogP contribution in [-0.2, 0) is 4.74 Å². The van der Waals surface area contributed by atoms with Crippen LogP contribution in [0.4, 0.5) is 0 Å². The molecule has 0 spiro atoms. The molecule has 136 valence electrons. The highest BCUT2D eigenvalue weighted by Gasteiger charge is 2.20. The summed E-state index contributed by atoms with van der Waals surface area (Å²) >= 11 is 6.16. The minimum Gasteiger partial charge on any atom is -0.497 e. The fraction of sp³-hybridized carbons (Fsp3) is 0.263. The average Bonchev–Trinajstić information content (AvgIpc) is 2.91.